The van der Waals surface area contributed by atoms with Crippen LogP contribution in [0.3, 0.4) is 0 Å². The molecule has 1 aliphatic heterocycles. The number of nitrogens with zero attached hydrogens (tertiary/aromatic N) is 5. The molecule has 3 aromatic rings. The van der Waals surface area contributed by atoms with E-state index in [-0.39, 0.29) is 11.7 Å². The molecule has 1 atom stereocenters. The molecule has 0 saturated carbocycles. The summed E-state index contributed by atoms with van der Waals surface area (Å²) in [5.41, 5.74) is 2.62. The fourth-order valence-corrected chi connectivity index (χ4v) is 2.70. The summed E-state index contributed by atoms with van der Waals surface area (Å²) in [6.07, 6.45) is 1.96. The van der Waals surface area contributed by atoms with Gasteiger partial charge in [0.15, 0.2) is 0 Å². The summed E-state index contributed by atoms with van der Waals surface area (Å²) in [4.78, 5) is 10.6. The minimum absolute atomic E-state index is 0.0373. The van der Waals surface area contributed by atoms with E-state index in [0.717, 1.165) is 16.8 Å². The van der Waals surface area contributed by atoms with Crippen LogP contribution in [0.15, 0.2) is 60.7 Å². The Balaban J connectivity index is 1.82. The fourth-order valence-electron chi connectivity index (χ4n) is 2.70. The molecule has 8 nitrogen and oxygen atoms in total. The topological polar surface area (TPSA) is 98.8 Å². The zero-order valence-electron chi connectivity index (χ0n) is 12.4. The first-order chi connectivity index (χ1) is 11.7. The van der Waals surface area contributed by atoms with Crippen LogP contribution in [0, 0.1) is 10.1 Å². The standard InChI is InChI=1S/C16H12N6O2/c23-22(24)13-8-4-7-12(9-13)15-10-14(11-5-2-1-3-6-11)17-16-18-19-20-21(15)16/h1-10,15H,(H,17,18,20). The molecule has 8 heteroatoms. The van der Waals surface area contributed by atoms with Gasteiger partial charge >= 0.3 is 0 Å². The molecule has 1 unspecified atom stereocenters. The third kappa shape index (κ3) is 2.39. The lowest BCUT2D eigenvalue weighted by Gasteiger charge is -2.23. The lowest BCUT2D eigenvalue weighted by Crippen LogP contribution is -2.20. The lowest BCUT2D eigenvalue weighted by atomic mass is 10.0. The van der Waals surface area contributed by atoms with Crippen LogP contribution in [0.25, 0.3) is 5.70 Å². The van der Waals surface area contributed by atoms with Crippen LogP contribution in [0.2, 0.25) is 0 Å². The normalized spacial score (nSPS) is 16.0. The molecular weight excluding hydrogens is 308 g/mol. The van der Waals surface area contributed by atoms with Crippen LogP contribution < -0.4 is 5.32 Å². The van der Waals surface area contributed by atoms with E-state index >= 15 is 0 Å². The van der Waals surface area contributed by atoms with Crippen LogP contribution in [0.1, 0.15) is 17.2 Å². The Labute approximate surface area is 136 Å². The van der Waals surface area contributed by atoms with Crippen LogP contribution in [-0.2, 0) is 0 Å². The molecule has 1 aliphatic rings. The third-order valence-electron chi connectivity index (χ3n) is 3.83. The molecule has 24 heavy (non-hydrogen) atoms. The second-order valence-corrected chi connectivity index (χ2v) is 5.32. The number of fused-ring (bicyclic) bond motifs is 1. The summed E-state index contributed by atoms with van der Waals surface area (Å²) in [7, 11) is 0. The van der Waals surface area contributed by atoms with Crippen LogP contribution in [0.4, 0.5) is 11.6 Å². The van der Waals surface area contributed by atoms with E-state index in [1.54, 1.807) is 16.8 Å². The maximum absolute atomic E-state index is 11.0. The Kier molecular flexibility index (Phi) is 3.27. The number of rotatable bonds is 3. The van der Waals surface area contributed by atoms with Gasteiger partial charge in [-0.15, -0.1) is 0 Å². The number of allylic oxidation sites excluding steroid dienone is 1. The van der Waals surface area contributed by atoms with E-state index in [9.17, 15) is 10.1 Å². The zero-order valence-corrected chi connectivity index (χ0v) is 12.4. The van der Waals surface area contributed by atoms with Crippen molar-refractivity contribution in [2.45, 2.75) is 6.04 Å². The average molecular weight is 320 g/mol. The highest BCUT2D eigenvalue weighted by atomic mass is 16.6. The number of non-ortho nitro benzene ring substituents is 1. The number of hydrogen-bond acceptors (Lipinski definition) is 6. The van der Waals surface area contributed by atoms with Crippen molar-refractivity contribution in [3.63, 3.8) is 0 Å². The molecule has 2 heterocycles. The van der Waals surface area contributed by atoms with Crippen molar-refractivity contribution in [1.82, 2.24) is 20.2 Å². The Bertz CT molecular complexity index is 935. The summed E-state index contributed by atoms with van der Waals surface area (Å²) in [6.45, 7) is 0. The van der Waals surface area contributed by atoms with Gasteiger partial charge in [0.1, 0.15) is 6.04 Å². The number of anilines is 1. The minimum atomic E-state index is -0.410. The molecule has 0 fully saturated rings. The second-order valence-electron chi connectivity index (χ2n) is 5.32. The van der Waals surface area contributed by atoms with Crippen molar-refractivity contribution in [3.8, 4) is 0 Å². The van der Waals surface area contributed by atoms with Gasteiger partial charge in [0.05, 0.1) is 4.92 Å². The van der Waals surface area contributed by atoms with Gasteiger partial charge in [0, 0.05) is 17.8 Å². The molecule has 1 aromatic heterocycles. The first-order valence-corrected chi connectivity index (χ1v) is 7.29. The van der Waals surface area contributed by atoms with E-state index < -0.39 is 4.92 Å². The first-order valence-electron chi connectivity index (χ1n) is 7.29. The summed E-state index contributed by atoms with van der Waals surface area (Å²) in [6, 6.07) is 15.9. The molecule has 0 bridgehead atoms. The average Bonchev–Trinajstić information content (AvgIpc) is 3.10. The Morgan fingerprint density at radius 3 is 2.75 bits per heavy atom. The SMILES string of the molecule is O=[N+]([O-])c1cccc(C2C=C(c3ccccc3)Nc3nnnn32)c1. The summed E-state index contributed by atoms with van der Waals surface area (Å²) in [5.74, 6) is 0.493. The fraction of sp³-hybridized carbons (Fsp3) is 0.0625. The highest BCUT2D eigenvalue weighted by Gasteiger charge is 2.25. The molecular formula is C16H12N6O2. The maximum Gasteiger partial charge on any atom is 0.269 e. The molecule has 0 amide bonds. The van der Waals surface area contributed by atoms with Gasteiger partial charge < -0.3 is 5.32 Å². The van der Waals surface area contributed by atoms with Crippen molar-refractivity contribution in [1.29, 1.82) is 0 Å². The van der Waals surface area contributed by atoms with Gasteiger partial charge in [-0.1, -0.05) is 47.6 Å². The Morgan fingerprint density at radius 1 is 1.12 bits per heavy atom. The van der Waals surface area contributed by atoms with Crippen LogP contribution in [0.5, 0.6) is 0 Å². The largest absolute Gasteiger partial charge is 0.323 e. The summed E-state index contributed by atoms with van der Waals surface area (Å²) >= 11 is 0. The highest BCUT2D eigenvalue weighted by molar-refractivity contribution is 5.76. The molecule has 2 aromatic carbocycles. The van der Waals surface area contributed by atoms with Crippen molar-refractivity contribution in [3.05, 3.63) is 81.9 Å². The first kappa shape index (κ1) is 14.1. The minimum Gasteiger partial charge on any atom is -0.323 e. The van der Waals surface area contributed by atoms with Gasteiger partial charge in [-0.3, -0.25) is 10.1 Å². The zero-order chi connectivity index (χ0) is 16.5. The van der Waals surface area contributed by atoms with E-state index in [0.29, 0.717) is 5.95 Å². The van der Waals surface area contributed by atoms with Gasteiger partial charge in [0.2, 0.25) is 5.95 Å². The van der Waals surface area contributed by atoms with E-state index in [2.05, 4.69) is 20.8 Å². The number of nitrogens with one attached hydrogen (secondary N) is 1. The number of hydrogen-bond donors (Lipinski definition) is 1. The molecule has 1 N–H and O–H groups in total. The van der Waals surface area contributed by atoms with E-state index in [4.69, 9.17) is 0 Å². The van der Waals surface area contributed by atoms with Crippen LogP contribution >= 0.6 is 0 Å². The number of tetrazole rings is 1. The summed E-state index contributed by atoms with van der Waals surface area (Å²) < 4.78 is 1.60. The number of nitro benzene ring substituents is 1. The van der Waals surface area contributed by atoms with Crippen molar-refractivity contribution >= 4 is 17.3 Å². The molecule has 4 rings (SSSR count). The molecule has 0 saturated heterocycles. The lowest BCUT2D eigenvalue weighted by molar-refractivity contribution is -0.384. The number of benzene rings is 2. The third-order valence-corrected chi connectivity index (χ3v) is 3.83. The summed E-state index contributed by atoms with van der Waals surface area (Å²) in [5, 5.41) is 25.9. The predicted molar refractivity (Wildman–Crippen MR) is 87.1 cm³/mol. The van der Waals surface area contributed by atoms with Crippen molar-refractivity contribution < 1.29 is 4.92 Å². The Morgan fingerprint density at radius 2 is 1.96 bits per heavy atom. The highest BCUT2D eigenvalue weighted by Crippen LogP contribution is 2.32. The van der Waals surface area contributed by atoms with Crippen molar-refractivity contribution in [2.75, 3.05) is 5.32 Å². The predicted octanol–water partition coefficient (Wildman–Crippen LogP) is 2.64. The van der Waals surface area contributed by atoms with Crippen molar-refractivity contribution in [2.24, 2.45) is 0 Å². The maximum atomic E-state index is 11.0. The monoisotopic (exact) mass is 320 g/mol. The van der Waals surface area contributed by atoms with Gasteiger partial charge in [-0.2, -0.15) is 4.68 Å². The smallest absolute Gasteiger partial charge is 0.269 e. The molecule has 0 aliphatic carbocycles. The van der Waals surface area contributed by atoms with E-state index in [1.807, 2.05) is 42.5 Å². The number of nitro groups is 1. The number of aromatic nitrogens is 4. The van der Waals surface area contributed by atoms with Gasteiger partial charge in [0.25, 0.3) is 5.69 Å². The molecule has 118 valence electrons. The quantitative estimate of drug-likeness (QED) is 0.588. The molecule has 0 spiro atoms. The van der Waals surface area contributed by atoms with Crippen LogP contribution in [-0.4, -0.2) is 25.1 Å². The molecule has 0 radical (unpaired) electrons. The Hall–Kier alpha value is -3.55. The van der Waals surface area contributed by atoms with Gasteiger partial charge in [-0.05, 0) is 27.6 Å². The second kappa shape index (κ2) is 5.58. The van der Waals surface area contributed by atoms with E-state index in [1.165, 1.54) is 6.07 Å². The van der Waals surface area contributed by atoms with Gasteiger partial charge in [-0.25, -0.2) is 0 Å².